The third kappa shape index (κ3) is 5.31. The van der Waals surface area contributed by atoms with Crippen molar-refractivity contribution in [2.24, 2.45) is 0 Å². The number of rotatable bonds is 6. The van der Waals surface area contributed by atoms with Crippen LogP contribution in [0.5, 0.6) is 0 Å². The van der Waals surface area contributed by atoms with Crippen molar-refractivity contribution in [1.82, 2.24) is 5.32 Å². The average molecular weight is 383 g/mol. The molecule has 8 heteroatoms. The van der Waals surface area contributed by atoms with Crippen LogP contribution < -0.4 is 16.0 Å². The van der Waals surface area contributed by atoms with Gasteiger partial charge in [0, 0.05) is 24.5 Å². The summed E-state index contributed by atoms with van der Waals surface area (Å²) in [5, 5.41) is 17.1. The Kier molecular flexibility index (Phi) is 6.23. The Morgan fingerprint density at radius 1 is 0.964 bits per heavy atom. The molecular weight excluding hydrogens is 362 g/mol. The molecular formula is C20H21N3O5. The number of hydrogen-bond donors (Lipinski definition) is 4. The fourth-order valence-corrected chi connectivity index (χ4v) is 2.77. The number of carboxylic acid groups (broad SMARTS) is 1. The van der Waals surface area contributed by atoms with Gasteiger partial charge in [0.25, 0.3) is 5.91 Å². The molecule has 2 aromatic rings. The minimum Gasteiger partial charge on any atom is -0.478 e. The van der Waals surface area contributed by atoms with Gasteiger partial charge in [0.05, 0.1) is 5.56 Å². The number of anilines is 2. The van der Waals surface area contributed by atoms with Crippen LogP contribution in [0.4, 0.5) is 16.2 Å². The van der Waals surface area contributed by atoms with Crippen LogP contribution >= 0.6 is 0 Å². The molecule has 28 heavy (non-hydrogen) atoms. The molecule has 1 heterocycles. The Bertz CT molecular complexity index is 843. The van der Waals surface area contributed by atoms with Gasteiger partial charge >= 0.3 is 12.0 Å². The SMILES string of the molecule is O=C(NCc1ccc(C(=O)O)cc1)Nc1ccc(NC(=O)C2CCCO2)cc1. The largest absolute Gasteiger partial charge is 0.478 e. The third-order valence-electron chi connectivity index (χ3n) is 4.29. The predicted octanol–water partition coefficient (Wildman–Crippen LogP) is 2.82. The molecule has 1 atom stereocenters. The maximum Gasteiger partial charge on any atom is 0.335 e. The molecule has 0 spiro atoms. The standard InChI is InChI=1S/C20H21N3O5/c24-18(17-2-1-11-28-17)22-15-7-9-16(10-8-15)23-20(27)21-12-13-3-5-14(6-4-13)19(25)26/h3-10,17H,1-2,11-12H2,(H,22,24)(H,25,26)(H2,21,23,27). The lowest BCUT2D eigenvalue weighted by Crippen LogP contribution is -2.28. The van der Waals surface area contributed by atoms with Gasteiger partial charge in [-0.2, -0.15) is 0 Å². The van der Waals surface area contributed by atoms with E-state index in [0.717, 1.165) is 18.4 Å². The van der Waals surface area contributed by atoms with Crippen molar-refractivity contribution in [1.29, 1.82) is 0 Å². The number of benzene rings is 2. The summed E-state index contributed by atoms with van der Waals surface area (Å²) in [7, 11) is 0. The number of urea groups is 1. The van der Waals surface area contributed by atoms with Crippen LogP contribution in [0, 0.1) is 0 Å². The Balaban J connectivity index is 1.46. The van der Waals surface area contributed by atoms with Crippen molar-refractivity contribution in [2.75, 3.05) is 17.2 Å². The van der Waals surface area contributed by atoms with Crippen molar-refractivity contribution in [3.63, 3.8) is 0 Å². The van der Waals surface area contributed by atoms with Crippen LogP contribution in [-0.4, -0.2) is 35.7 Å². The van der Waals surface area contributed by atoms with E-state index in [-0.39, 0.29) is 18.0 Å². The minimum absolute atomic E-state index is 0.162. The van der Waals surface area contributed by atoms with Crippen LogP contribution in [0.2, 0.25) is 0 Å². The van der Waals surface area contributed by atoms with Crippen molar-refractivity contribution >= 4 is 29.3 Å². The highest BCUT2D eigenvalue weighted by atomic mass is 16.5. The summed E-state index contributed by atoms with van der Waals surface area (Å²) in [4.78, 5) is 34.8. The van der Waals surface area contributed by atoms with E-state index in [9.17, 15) is 14.4 Å². The lowest BCUT2D eigenvalue weighted by molar-refractivity contribution is -0.124. The Hall–Kier alpha value is -3.39. The Morgan fingerprint density at radius 2 is 1.61 bits per heavy atom. The van der Waals surface area contributed by atoms with E-state index in [2.05, 4.69) is 16.0 Å². The van der Waals surface area contributed by atoms with E-state index in [4.69, 9.17) is 9.84 Å². The normalized spacial score (nSPS) is 15.6. The minimum atomic E-state index is -0.993. The second-order valence-electron chi connectivity index (χ2n) is 6.38. The number of aromatic carboxylic acids is 1. The first-order chi connectivity index (χ1) is 13.5. The fourth-order valence-electron chi connectivity index (χ4n) is 2.77. The van der Waals surface area contributed by atoms with Crippen LogP contribution in [-0.2, 0) is 16.1 Å². The summed E-state index contributed by atoms with van der Waals surface area (Å²) in [5.41, 5.74) is 2.19. The average Bonchev–Trinajstić information content (AvgIpc) is 3.23. The number of amides is 3. The predicted molar refractivity (Wildman–Crippen MR) is 103 cm³/mol. The summed E-state index contributed by atoms with van der Waals surface area (Å²) in [6.45, 7) is 0.876. The number of hydrogen-bond acceptors (Lipinski definition) is 4. The number of carbonyl (C=O) groups excluding carboxylic acids is 2. The summed E-state index contributed by atoms with van der Waals surface area (Å²) >= 11 is 0. The molecule has 1 fully saturated rings. The summed E-state index contributed by atoms with van der Waals surface area (Å²) in [6.07, 6.45) is 1.22. The lowest BCUT2D eigenvalue weighted by atomic mass is 10.1. The fraction of sp³-hybridized carbons (Fsp3) is 0.250. The quantitative estimate of drug-likeness (QED) is 0.612. The smallest absolute Gasteiger partial charge is 0.335 e. The first-order valence-electron chi connectivity index (χ1n) is 8.91. The zero-order chi connectivity index (χ0) is 19.9. The molecule has 4 N–H and O–H groups in total. The van der Waals surface area contributed by atoms with E-state index in [1.807, 2.05) is 0 Å². The van der Waals surface area contributed by atoms with E-state index in [1.165, 1.54) is 12.1 Å². The second kappa shape index (κ2) is 9.01. The van der Waals surface area contributed by atoms with Gasteiger partial charge in [-0.1, -0.05) is 12.1 Å². The molecule has 3 rings (SSSR count). The van der Waals surface area contributed by atoms with Gasteiger partial charge in [0.15, 0.2) is 0 Å². The van der Waals surface area contributed by atoms with E-state index < -0.39 is 18.1 Å². The molecule has 146 valence electrons. The summed E-state index contributed by atoms with van der Waals surface area (Å²) < 4.78 is 5.34. The van der Waals surface area contributed by atoms with Gasteiger partial charge in [-0.25, -0.2) is 9.59 Å². The van der Waals surface area contributed by atoms with Crippen LogP contribution in [0.15, 0.2) is 48.5 Å². The van der Waals surface area contributed by atoms with Gasteiger partial charge in [0.1, 0.15) is 6.10 Å². The molecule has 3 amide bonds. The molecule has 0 saturated carbocycles. The molecule has 1 aliphatic heterocycles. The maximum atomic E-state index is 12.0. The molecule has 8 nitrogen and oxygen atoms in total. The van der Waals surface area contributed by atoms with Crippen molar-refractivity contribution in [3.8, 4) is 0 Å². The highest BCUT2D eigenvalue weighted by molar-refractivity contribution is 5.95. The molecule has 1 aliphatic rings. The van der Waals surface area contributed by atoms with Crippen molar-refractivity contribution < 1.29 is 24.2 Å². The highest BCUT2D eigenvalue weighted by Crippen LogP contribution is 2.17. The number of carboxylic acids is 1. The van der Waals surface area contributed by atoms with Crippen molar-refractivity contribution in [3.05, 3.63) is 59.7 Å². The molecule has 0 aromatic heterocycles. The summed E-state index contributed by atoms with van der Waals surface area (Å²) in [5.74, 6) is -1.16. The van der Waals surface area contributed by atoms with Gasteiger partial charge in [0.2, 0.25) is 0 Å². The highest BCUT2D eigenvalue weighted by Gasteiger charge is 2.23. The number of carbonyl (C=O) groups is 3. The van der Waals surface area contributed by atoms with Gasteiger partial charge in [-0.15, -0.1) is 0 Å². The Morgan fingerprint density at radius 3 is 2.18 bits per heavy atom. The van der Waals surface area contributed by atoms with Crippen molar-refractivity contribution in [2.45, 2.75) is 25.5 Å². The van der Waals surface area contributed by atoms with Crippen LogP contribution in [0.25, 0.3) is 0 Å². The number of ether oxygens (including phenoxy) is 1. The van der Waals surface area contributed by atoms with Gasteiger partial charge in [-0.05, 0) is 54.8 Å². The van der Waals surface area contributed by atoms with Gasteiger partial charge < -0.3 is 25.8 Å². The zero-order valence-electron chi connectivity index (χ0n) is 15.1. The monoisotopic (exact) mass is 383 g/mol. The molecule has 1 saturated heterocycles. The van der Waals surface area contributed by atoms with Crippen LogP contribution in [0.1, 0.15) is 28.8 Å². The van der Waals surface area contributed by atoms with E-state index >= 15 is 0 Å². The van der Waals surface area contributed by atoms with Gasteiger partial charge in [-0.3, -0.25) is 4.79 Å². The lowest BCUT2D eigenvalue weighted by Gasteiger charge is -2.11. The topological polar surface area (TPSA) is 117 Å². The first-order valence-corrected chi connectivity index (χ1v) is 8.91. The Labute approximate surface area is 161 Å². The van der Waals surface area contributed by atoms with Crippen LogP contribution in [0.3, 0.4) is 0 Å². The molecule has 1 unspecified atom stereocenters. The van der Waals surface area contributed by atoms with E-state index in [0.29, 0.717) is 18.0 Å². The number of nitrogens with one attached hydrogen (secondary N) is 3. The molecule has 0 aliphatic carbocycles. The first kappa shape index (κ1) is 19.4. The zero-order valence-corrected chi connectivity index (χ0v) is 15.1. The molecule has 0 bridgehead atoms. The second-order valence-corrected chi connectivity index (χ2v) is 6.38. The molecule has 0 radical (unpaired) electrons. The third-order valence-corrected chi connectivity index (χ3v) is 4.29. The van der Waals surface area contributed by atoms with E-state index in [1.54, 1.807) is 36.4 Å². The maximum absolute atomic E-state index is 12.0. The summed E-state index contributed by atoms with van der Waals surface area (Å²) in [6, 6.07) is 12.7. The molecule has 2 aromatic carbocycles.